The lowest BCUT2D eigenvalue weighted by Crippen LogP contribution is -2.38. The van der Waals surface area contributed by atoms with Crippen LogP contribution in [0.3, 0.4) is 0 Å². The Kier molecular flexibility index (Phi) is 5.41. The molecule has 0 unspecified atom stereocenters. The van der Waals surface area contributed by atoms with Crippen LogP contribution in [0.25, 0.3) is 0 Å². The van der Waals surface area contributed by atoms with Gasteiger partial charge in [0.1, 0.15) is 0 Å². The minimum atomic E-state index is 0.0155. The van der Waals surface area contributed by atoms with Crippen molar-refractivity contribution in [3.63, 3.8) is 0 Å². The van der Waals surface area contributed by atoms with Gasteiger partial charge in [-0.2, -0.15) is 0 Å². The number of amides is 1. The average molecular weight is 390 g/mol. The smallest absolute Gasteiger partial charge is 0.234 e. The van der Waals surface area contributed by atoms with E-state index < -0.39 is 0 Å². The lowest BCUT2D eigenvalue weighted by atomic mass is 10.1. The molecule has 1 aromatic carbocycles. The molecule has 128 valence electrons. The van der Waals surface area contributed by atoms with Crippen molar-refractivity contribution < 1.29 is 4.79 Å². The van der Waals surface area contributed by atoms with E-state index >= 15 is 0 Å². The Balaban J connectivity index is 1.60. The Morgan fingerprint density at radius 1 is 1.33 bits per heavy atom. The van der Waals surface area contributed by atoms with Gasteiger partial charge in [-0.15, -0.1) is 0 Å². The first-order valence-electron chi connectivity index (χ1n) is 8.44. The average Bonchev–Trinajstić information content (AvgIpc) is 3.16. The maximum Gasteiger partial charge on any atom is 0.234 e. The summed E-state index contributed by atoms with van der Waals surface area (Å²) >= 11 is 3.44. The number of aryl methyl sites for hydroxylation is 1. The molecule has 0 radical (unpaired) electrons. The normalized spacial score (nSPS) is 19.4. The van der Waals surface area contributed by atoms with Crippen LogP contribution < -0.4 is 5.32 Å². The van der Waals surface area contributed by atoms with Gasteiger partial charge in [0.2, 0.25) is 5.91 Å². The lowest BCUT2D eigenvalue weighted by molar-refractivity contribution is -0.123. The quantitative estimate of drug-likeness (QED) is 0.843. The molecule has 0 aliphatic carbocycles. The SMILES string of the molecule is C[C@H](NC(=O)CN1CCC[C@H]1c1cccn1C)c1ccc(Br)cc1. The van der Waals surface area contributed by atoms with Crippen LogP contribution in [0.15, 0.2) is 47.1 Å². The van der Waals surface area contributed by atoms with Crippen LogP contribution in [0, 0.1) is 0 Å². The number of hydrogen-bond acceptors (Lipinski definition) is 2. The topological polar surface area (TPSA) is 37.3 Å². The first-order chi connectivity index (χ1) is 11.5. The van der Waals surface area contributed by atoms with Crippen molar-refractivity contribution in [3.8, 4) is 0 Å². The third kappa shape index (κ3) is 3.90. The third-order valence-corrected chi connectivity index (χ3v) is 5.31. The molecule has 2 aromatic rings. The maximum atomic E-state index is 12.5. The van der Waals surface area contributed by atoms with E-state index in [-0.39, 0.29) is 11.9 Å². The fraction of sp³-hybridized carbons (Fsp3) is 0.421. The van der Waals surface area contributed by atoms with E-state index in [0.29, 0.717) is 12.6 Å². The molecule has 5 heteroatoms. The van der Waals surface area contributed by atoms with Gasteiger partial charge in [0.15, 0.2) is 0 Å². The second-order valence-electron chi connectivity index (χ2n) is 6.51. The van der Waals surface area contributed by atoms with E-state index in [9.17, 15) is 4.79 Å². The van der Waals surface area contributed by atoms with Gasteiger partial charge >= 0.3 is 0 Å². The Hall–Kier alpha value is -1.59. The zero-order valence-electron chi connectivity index (χ0n) is 14.2. The highest BCUT2D eigenvalue weighted by molar-refractivity contribution is 9.10. The van der Waals surface area contributed by atoms with Crippen molar-refractivity contribution in [1.29, 1.82) is 0 Å². The van der Waals surface area contributed by atoms with Crippen molar-refractivity contribution in [2.45, 2.75) is 31.8 Å². The molecule has 0 bridgehead atoms. The molecule has 24 heavy (non-hydrogen) atoms. The fourth-order valence-corrected chi connectivity index (χ4v) is 3.74. The number of halogens is 1. The van der Waals surface area contributed by atoms with Crippen LogP contribution in [0.2, 0.25) is 0 Å². The summed E-state index contributed by atoms with van der Waals surface area (Å²) in [5.74, 6) is 0.0894. The molecule has 0 saturated carbocycles. The molecule has 0 spiro atoms. The van der Waals surface area contributed by atoms with E-state index in [0.717, 1.165) is 29.4 Å². The number of rotatable bonds is 5. The number of carbonyl (C=O) groups excluding carboxylic acids is 1. The Morgan fingerprint density at radius 3 is 2.75 bits per heavy atom. The number of nitrogens with zero attached hydrogens (tertiary/aromatic N) is 2. The minimum Gasteiger partial charge on any atom is -0.353 e. The molecular formula is C19H24BrN3O. The molecule has 2 heterocycles. The highest BCUT2D eigenvalue weighted by atomic mass is 79.9. The van der Waals surface area contributed by atoms with Crippen LogP contribution in [0.5, 0.6) is 0 Å². The molecule has 3 rings (SSSR count). The number of likely N-dealkylation sites (tertiary alicyclic amines) is 1. The van der Waals surface area contributed by atoms with E-state index in [1.807, 2.05) is 31.2 Å². The zero-order chi connectivity index (χ0) is 17.1. The van der Waals surface area contributed by atoms with Crippen LogP contribution in [0.4, 0.5) is 0 Å². The Labute approximate surface area is 152 Å². The second kappa shape index (κ2) is 7.53. The Bertz CT molecular complexity index is 695. The van der Waals surface area contributed by atoms with E-state index in [2.05, 4.69) is 56.1 Å². The van der Waals surface area contributed by atoms with Crippen LogP contribution in [-0.2, 0) is 11.8 Å². The van der Waals surface area contributed by atoms with Crippen molar-refractivity contribution in [2.24, 2.45) is 7.05 Å². The lowest BCUT2D eigenvalue weighted by Gasteiger charge is -2.25. The molecule has 1 saturated heterocycles. The number of nitrogens with one attached hydrogen (secondary N) is 1. The summed E-state index contributed by atoms with van der Waals surface area (Å²) in [6.45, 7) is 3.46. The van der Waals surface area contributed by atoms with Gasteiger partial charge in [0.05, 0.1) is 18.6 Å². The maximum absolute atomic E-state index is 12.5. The van der Waals surface area contributed by atoms with Gasteiger partial charge in [-0.05, 0) is 56.1 Å². The van der Waals surface area contributed by atoms with E-state index in [4.69, 9.17) is 0 Å². The van der Waals surface area contributed by atoms with Crippen LogP contribution in [0.1, 0.15) is 43.1 Å². The third-order valence-electron chi connectivity index (χ3n) is 4.78. The molecule has 1 aliphatic rings. The number of carbonyl (C=O) groups is 1. The minimum absolute atomic E-state index is 0.0155. The largest absolute Gasteiger partial charge is 0.353 e. The summed E-state index contributed by atoms with van der Waals surface area (Å²) in [4.78, 5) is 14.8. The summed E-state index contributed by atoms with van der Waals surface area (Å²) in [6.07, 6.45) is 4.33. The molecule has 1 fully saturated rings. The number of benzene rings is 1. The monoisotopic (exact) mass is 389 g/mol. The highest BCUT2D eigenvalue weighted by Gasteiger charge is 2.29. The summed E-state index contributed by atoms with van der Waals surface area (Å²) in [7, 11) is 2.07. The van der Waals surface area contributed by atoms with Crippen LogP contribution in [-0.4, -0.2) is 28.5 Å². The molecule has 1 aliphatic heterocycles. The number of aromatic nitrogens is 1. The molecule has 4 nitrogen and oxygen atoms in total. The molecular weight excluding hydrogens is 366 g/mol. The molecule has 2 atom stereocenters. The summed E-state index contributed by atoms with van der Waals surface area (Å²) in [5.41, 5.74) is 2.41. The van der Waals surface area contributed by atoms with E-state index in [1.165, 1.54) is 5.69 Å². The van der Waals surface area contributed by atoms with Gasteiger partial charge < -0.3 is 9.88 Å². The predicted octanol–water partition coefficient (Wildman–Crippen LogP) is 3.80. The first-order valence-corrected chi connectivity index (χ1v) is 9.24. The standard InChI is InChI=1S/C19H24BrN3O/c1-14(15-7-9-16(20)10-8-15)21-19(24)13-23-12-4-6-18(23)17-5-3-11-22(17)2/h3,5,7-11,14,18H,4,6,12-13H2,1-2H3,(H,21,24)/t14-,18-/m0/s1. The van der Waals surface area contributed by atoms with Crippen molar-refractivity contribution in [2.75, 3.05) is 13.1 Å². The predicted molar refractivity (Wildman–Crippen MR) is 99.7 cm³/mol. The van der Waals surface area contributed by atoms with Crippen molar-refractivity contribution >= 4 is 21.8 Å². The van der Waals surface area contributed by atoms with Gasteiger partial charge in [-0.3, -0.25) is 9.69 Å². The molecule has 1 amide bonds. The van der Waals surface area contributed by atoms with E-state index in [1.54, 1.807) is 0 Å². The highest BCUT2D eigenvalue weighted by Crippen LogP contribution is 2.31. The Morgan fingerprint density at radius 2 is 2.08 bits per heavy atom. The van der Waals surface area contributed by atoms with Crippen molar-refractivity contribution in [3.05, 3.63) is 58.3 Å². The van der Waals surface area contributed by atoms with Gasteiger partial charge in [0, 0.05) is 23.4 Å². The summed E-state index contributed by atoms with van der Waals surface area (Å²) in [5, 5.41) is 3.12. The van der Waals surface area contributed by atoms with Crippen LogP contribution >= 0.6 is 15.9 Å². The summed E-state index contributed by atoms with van der Waals surface area (Å²) in [6, 6.07) is 12.7. The van der Waals surface area contributed by atoms with Gasteiger partial charge in [0.25, 0.3) is 0 Å². The fourth-order valence-electron chi connectivity index (χ4n) is 3.48. The first kappa shape index (κ1) is 17.2. The molecule has 1 N–H and O–H groups in total. The van der Waals surface area contributed by atoms with Crippen molar-refractivity contribution in [1.82, 2.24) is 14.8 Å². The number of hydrogen-bond donors (Lipinski definition) is 1. The molecule has 1 aromatic heterocycles. The second-order valence-corrected chi connectivity index (χ2v) is 7.43. The van der Waals surface area contributed by atoms with Gasteiger partial charge in [-0.25, -0.2) is 0 Å². The summed E-state index contributed by atoms with van der Waals surface area (Å²) < 4.78 is 3.21. The zero-order valence-corrected chi connectivity index (χ0v) is 15.8. The van der Waals surface area contributed by atoms with Gasteiger partial charge in [-0.1, -0.05) is 28.1 Å².